The first-order valence-electron chi connectivity index (χ1n) is 9.74. The molecule has 0 saturated heterocycles. The standard InChI is InChI=1S/C25H22N2O3/c1-30-22-13-11-21(12-14-22)27-24(19-9-7-18(8-10-19)15-16-28)17-23(26-27)25(29)20-5-3-2-4-6-20/h2-14,17,28H,15-16H2,1H3. The predicted molar refractivity (Wildman–Crippen MR) is 116 cm³/mol. The molecule has 30 heavy (non-hydrogen) atoms. The van der Waals surface area contributed by atoms with E-state index in [9.17, 15) is 4.79 Å². The Morgan fingerprint density at radius 2 is 1.67 bits per heavy atom. The zero-order valence-corrected chi connectivity index (χ0v) is 16.7. The van der Waals surface area contributed by atoms with Crippen LogP contribution in [-0.4, -0.2) is 34.4 Å². The number of nitrogens with zero attached hydrogens (tertiary/aromatic N) is 2. The second-order valence-electron chi connectivity index (χ2n) is 6.89. The minimum absolute atomic E-state index is 0.110. The van der Waals surface area contributed by atoms with Gasteiger partial charge in [0.15, 0.2) is 0 Å². The van der Waals surface area contributed by atoms with E-state index in [0.717, 1.165) is 28.3 Å². The zero-order chi connectivity index (χ0) is 20.9. The summed E-state index contributed by atoms with van der Waals surface area (Å²) in [5.74, 6) is 0.627. The van der Waals surface area contributed by atoms with E-state index in [1.165, 1.54) is 0 Å². The van der Waals surface area contributed by atoms with Crippen LogP contribution in [0, 0.1) is 0 Å². The van der Waals surface area contributed by atoms with Gasteiger partial charge in [-0.1, -0.05) is 54.6 Å². The molecule has 0 aliphatic rings. The Labute approximate surface area is 175 Å². The summed E-state index contributed by atoms with van der Waals surface area (Å²) in [7, 11) is 1.62. The number of hydrogen-bond acceptors (Lipinski definition) is 4. The highest BCUT2D eigenvalue weighted by atomic mass is 16.5. The van der Waals surface area contributed by atoms with Gasteiger partial charge in [-0.3, -0.25) is 4.79 Å². The average molecular weight is 398 g/mol. The molecule has 4 aromatic rings. The Morgan fingerprint density at radius 3 is 2.30 bits per heavy atom. The van der Waals surface area contributed by atoms with E-state index in [4.69, 9.17) is 9.84 Å². The van der Waals surface area contributed by atoms with Crippen molar-refractivity contribution in [2.75, 3.05) is 13.7 Å². The van der Waals surface area contributed by atoms with Crippen LogP contribution in [0.3, 0.4) is 0 Å². The van der Waals surface area contributed by atoms with Gasteiger partial charge in [-0.05, 0) is 42.3 Å². The van der Waals surface area contributed by atoms with Gasteiger partial charge in [-0.25, -0.2) is 4.68 Å². The van der Waals surface area contributed by atoms with Crippen LogP contribution in [0.2, 0.25) is 0 Å². The monoisotopic (exact) mass is 398 g/mol. The lowest BCUT2D eigenvalue weighted by Crippen LogP contribution is -2.04. The number of carbonyl (C=O) groups is 1. The molecule has 0 radical (unpaired) electrons. The molecule has 0 amide bonds. The van der Waals surface area contributed by atoms with Gasteiger partial charge in [-0.15, -0.1) is 0 Å². The van der Waals surface area contributed by atoms with E-state index in [0.29, 0.717) is 17.7 Å². The summed E-state index contributed by atoms with van der Waals surface area (Å²) in [5, 5.41) is 13.8. The molecule has 5 heteroatoms. The number of carbonyl (C=O) groups excluding carboxylic acids is 1. The van der Waals surface area contributed by atoms with Crippen LogP contribution in [0.15, 0.2) is 84.9 Å². The van der Waals surface area contributed by atoms with Crippen molar-refractivity contribution in [2.45, 2.75) is 6.42 Å². The van der Waals surface area contributed by atoms with Crippen molar-refractivity contribution in [1.29, 1.82) is 0 Å². The van der Waals surface area contributed by atoms with Gasteiger partial charge >= 0.3 is 0 Å². The molecule has 4 rings (SSSR count). The number of aromatic nitrogens is 2. The van der Waals surface area contributed by atoms with Crippen molar-refractivity contribution in [3.05, 3.63) is 102 Å². The number of rotatable bonds is 7. The van der Waals surface area contributed by atoms with E-state index in [1.807, 2.05) is 72.8 Å². The summed E-state index contributed by atoms with van der Waals surface area (Å²) in [6, 6.07) is 26.4. The lowest BCUT2D eigenvalue weighted by atomic mass is 10.0. The third-order valence-electron chi connectivity index (χ3n) is 4.95. The molecule has 1 aromatic heterocycles. The number of aliphatic hydroxyl groups excluding tert-OH is 1. The topological polar surface area (TPSA) is 64.4 Å². The molecule has 0 saturated carbocycles. The van der Waals surface area contributed by atoms with Crippen LogP contribution >= 0.6 is 0 Å². The highest BCUT2D eigenvalue weighted by Gasteiger charge is 2.18. The number of ether oxygens (including phenoxy) is 1. The molecule has 0 aliphatic heterocycles. The smallest absolute Gasteiger partial charge is 0.213 e. The summed E-state index contributed by atoms with van der Waals surface area (Å²) in [4.78, 5) is 13.0. The molecule has 0 unspecified atom stereocenters. The molecular formula is C25H22N2O3. The lowest BCUT2D eigenvalue weighted by molar-refractivity contribution is 0.103. The highest BCUT2D eigenvalue weighted by molar-refractivity contribution is 6.08. The fraction of sp³-hybridized carbons (Fsp3) is 0.120. The second-order valence-corrected chi connectivity index (χ2v) is 6.89. The Bertz CT molecular complexity index is 1130. The number of hydrogen-bond donors (Lipinski definition) is 1. The Morgan fingerprint density at radius 1 is 0.967 bits per heavy atom. The van der Waals surface area contributed by atoms with Crippen molar-refractivity contribution < 1.29 is 14.6 Å². The van der Waals surface area contributed by atoms with E-state index in [1.54, 1.807) is 23.9 Å². The first-order chi connectivity index (χ1) is 14.7. The average Bonchev–Trinajstić information content (AvgIpc) is 3.25. The van der Waals surface area contributed by atoms with Crippen molar-refractivity contribution in [1.82, 2.24) is 9.78 Å². The van der Waals surface area contributed by atoms with Crippen LogP contribution < -0.4 is 4.74 Å². The number of aliphatic hydroxyl groups is 1. The summed E-state index contributed by atoms with van der Waals surface area (Å²) in [6.07, 6.45) is 0.607. The second kappa shape index (κ2) is 8.76. The minimum Gasteiger partial charge on any atom is -0.497 e. The SMILES string of the molecule is COc1ccc(-n2nc(C(=O)c3ccccc3)cc2-c2ccc(CCO)cc2)cc1. The van der Waals surface area contributed by atoms with Crippen molar-refractivity contribution in [2.24, 2.45) is 0 Å². The predicted octanol–water partition coefficient (Wildman–Crippen LogP) is 4.31. The Hall–Kier alpha value is -3.70. The van der Waals surface area contributed by atoms with E-state index >= 15 is 0 Å². The number of benzene rings is 3. The first-order valence-corrected chi connectivity index (χ1v) is 9.74. The first kappa shape index (κ1) is 19.6. The molecule has 0 aliphatic carbocycles. The van der Waals surface area contributed by atoms with Gasteiger partial charge < -0.3 is 9.84 Å². The zero-order valence-electron chi connectivity index (χ0n) is 16.7. The summed E-state index contributed by atoms with van der Waals surface area (Å²) >= 11 is 0. The van der Waals surface area contributed by atoms with Gasteiger partial charge in [0.1, 0.15) is 11.4 Å². The van der Waals surface area contributed by atoms with Gasteiger partial charge in [0.2, 0.25) is 5.78 Å². The molecule has 0 spiro atoms. The maximum atomic E-state index is 13.0. The lowest BCUT2D eigenvalue weighted by Gasteiger charge is -2.09. The van der Waals surface area contributed by atoms with Crippen molar-refractivity contribution >= 4 is 5.78 Å². The normalized spacial score (nSPS) is 10.7. The fourth-order valence-corrected chi connectivity index (χ4v) is 3.33. The fourth-order valence-electron chi connectivity index (χ4n) is 3.33. The van der Waals surface area contributed by atoms with Crippen LogP contribution in [0.5, 0.6) is 5.75 Å². The van der Waals surface area contributed by atoms with Gasteiger partial charge in [0, 0.05) is 17.7 Å². The van der Waals surface area contributed by atoms with Gasteiger partial charge in [0.05, 0.1) is 18.5 Å². The summed E-state index contributed by atoms with van der Waals surface area (Å²) in [5.41, 5.74) is 4.62. The minimum atomic E-state index is -0.124. The molecule has 150 valence electrons. The maximum absolute atomic E-state index is 13.0. The van der Waals surface area contributed by atoms with Crippen LogP contribution in [0.1, 0.15) is 21.6 Å². The summed E-state index contributed by atoms with van der Waals surface area (Å²) < 4.78 is 7.03. The molecule has 5 nitrogen and oxygen atoms in total. The molecular weight excluding hydrogens is 376 g/mol. The van der Waals surface area contributed by atoms with Crippen molar-refractivity contribution in [3.63, 3.8) is 0 Å². The summed E-state index contributed by atoms with van der Waals surface area (Å²) in [6.45, 7) is 0.110. The van der Waals surface area contributed by atoms with Crippen LogP contribution in [-0.2, 0) is 6.42 Å². The molecule has 0 atom stereocenters. The molecule has 0 bridgehead atoms. The molecule has 1 heterocycles. The number of ketones is 1. The van der Waals surface area contributed by atoms with Crippen molar-refractivity contribution in [3.8, 4) is 22.7 Å². The maximum Gasteiger partial charge on any atom is 0.213 e. The van der Waals surface area contributed by atoms with E-state index in [-0.39, 0.29) is 12.4 Å². The van der Waals surface area contributed by atoms with Crippen LogP contribution in [0.25, 0.3) is 16.9 Å². The third kappa shape index (κ3) is 4.02. The highest BCUT2D eigenvalue weighted by Crippen LogP contribution is 2.26. The number of methoxy groups -OCH3 is 1. The molecule has 1 N–H and O–H groups in total. The molecule has 3 aromatic carbocycles. The van der Waals surface area contributed by atoms with Gasteiger partial charge in [-0.2, -0.15) is 5.10 Å². The Kier molecular flexibility index (Phi) is 5.72. The third-order valence-corrected chi connectivity index (χ3v) is 4.95. The van der Waals surface area contributed by atoms with E-state index in [2.05, 4.69) is 5.10 Å². The quantitative estimate of drug-likeness (QED) is 0.471. The molecule has 0 fully saturated rings. The largest absolute Gasteiger partial charge is 0.497 e. The van der Waals surface area contributed by atoms with Crippen LogP contribution in [0.4, 0.5) is 0 Å². The van der Waals surface area contributed by atoms with E-state index < -0.39 is 0 Å². The van der Waals surface area contributed by atoms with Gasteiger partial charge in [0.25, 0.3) is 0 Å². The Balaban J connectivity index is 1.79.